The molecule has 5 rings (SSSR count). The molecule has 166 valence electrons. The van der Waals surface area contributed by atoms with Crippen LogP contribution in [0.4, 0.5) is 10.1 Å². The molecule has 2 aliphatic heterocycles. The van der Waals surface area contributed by atoms with Gasteiger partial charge in [-0.3, -0.25) is 14.5 Å². The average Bonchev–Trinajstić information content (AvgIpc) is 3.09. The number of benzene rings is 3. The van der Waals surface area contributed by atoms with E-state index in [1.807, 2.05) is 37.3 Å². The second kappa shape index (κ2) is 8.20. The highest BCUT2D eigenvalue weighted by atomic mass is 19.1. The van der Waals surface area contributed by atoms with Crippen molar-refractivity contribution in [2.75, 3.05) is 11.5 Å². The first kappa shape index (κ1) is 20.9. The molecule has 2 heterocycles. The van der Waals surface area contributed by atoms with Gasteiger partial charge in [0.15, 0.2) is 0 Å². The molecule has 33 heavy (non-hydrogen) atoms. The number of nitrogens with zero attached hydrogens (tertiary/aromatic N) is 1. The summed E-state index contributed by atoms with van der Waals surface area (Å²) < 4.78 is 19.2. The molecule has 0 aliphatic carbocycles. The zero-order chi connectivity index (χ0) is 23.1. The number of anilines is 1. The molecule has 0 radical (unpaired) electrons. The number of aliphatic hydroxyl groups is 1. The monoisotopic (exact) mass is 443 g/mol. The smallest absolute Gasteiger partial charge is 0.300 e. The van der Waals surface area contributed by atoms with Crippen molar-refractivity contribution < 1.29 is 23.8 Å². The molecule has 2 aliphatic rings. The first-order valence-corrected chi connectivity index (χ1v) is 10.8. The van der Waals surface area contributed by atoms with E-state index in [2.05, 4.69) is 0 Å². The van der Waals surface area contributed by atoms with Gasteiger partial charge in [0.05, 0.1) is 18.2 Å². The first-order valence-electron chi connectivity index (χ1n) is 10.8. The highest BCUT2D eigenvalue weighted by molar-refractivity contribution is 6.51. The lowest BCUT2D eigenvalue weighted by Gasteiger charge is -2.26. The first-order chi connectivity index (χ1) is 16.0. The molecule has 0 bridgehead atoms. The van der Waals surface area contributed by atoms with Crippen LogP contribution in [0.5, 0.6) is 5.75 Å². The van der Waals surface area contributed by atoms with E-state index in [9.17, 15) is 19.1 Å². The molecule has 6 heteroatoms. The van der Waals surface area contributed by atoms with Gasteiger partial charge in [-0.2, -0.15) is 0 Å². The van der Waals surface area contributed by atoms with E-state index in [0.29, 0.717) is 23.4 Å². The molecule has 0 aromatic heterocycles. The van der Waals surface area contributed by atoms with Gasteiger partial charge in [-0.05, 0) is 78.9 Å². The summed E-state index contributed by atoms with van der Waals surface area (Å²) in [6.07, 6.45) is 1.68. The number of ketones is 1. The Kier molecular flexibility index (Phi) is 5.21. The molecule has 1 fully saturated rings. The van der Waals surface area contributed by atoms with Gasteiger partial charge in [0, 0.05) is 11.3 Å². The Morgan fingerprint density at radius 2 is 1.82 bits per heavy atom. The fraction of sp³-hybridized carbons (Fsp3) is 0.185. The molecule has 3 aromatic carbocycles. The molecular weight excluding hydrogens is 421 g/mol. The fourth-order valence-electron chi connectivity index (χ4n) is 4.55. The van der Waals surface area contributed by atoms with Crippen molar-refractivity contribution in [1.29, 1.82) is 0 Å². The lowest BCUT2D eigenvalue weighted by molar-refractivity contribution is -0.132. The zero-order valence-electron chi connectivity index (χ0n) is 18.0. The summed E-state index contributed by atoms with van der Waals surface area (Å²) in [5.74, 6) is -1.46. The Morgan fingerprint density at radius 3 is 2.58 bits per heavy atom. The van der Waals surface area contributed by atoms with Gasteiger partial charge in [0.25, 0.3) is 11.7 Å². The van der Waals surface area contributed by atoms with Gasteiger partial charge in [-0.1, -0.05) is 24.3 Å². The Balaban J connectivity index is 1.71. The van der Waals surface area contributed by atoms with Gasteiger partial charge >= 0.3 is 0 Å². The highest BCUT2D eigenvalue weighted by Crippen LogP contribution is 2.43. The number of carbonyl (C=O) groups excluding carboxylic acids is 2. The van der Waals surface area contributed by atoms with Crippen LogP contribution < -0.4 is 9.64 Å². The summed E-state index contributed by atoms with van der Waals surface area (Å²) >= 11 is 0. The van der Waals surface area contributed by atoms with Gasteiger partial charge in [0.2, 0.25) is 0 Å². The van der Waals surface area contributed by atoms with Crippen LogP contribution in [0.25, 0.3) is 5.76 Å². The Labute approximate surface area is 190 Å². The predicted octanol–water partition coefficient (Wildman–Crippen LogP) is 5.09. The summed E-state index contributed by atoms with van der Waals surface area (Å²) in [6, 6.07) is 17.3. The number of fused-ring (bicyclic) bond motifs is 1. The molecule has 1 N–H and O–H groups in total. The maximum Gasteiger partial charge on any atom is 0.300 e. The van der Waals surface area contributed by atoms with E-state index < -0.39 is 23.5 Å². The number of aryl methyl sites for hydroxylation is 2. The molecule has 1 amide bonds. The maximum absolute atomic E-state index is 13.6. The second-order valence-corrected chi connectivity index (χ2v) is 8.28. The normalized spacial score (nSPS) is 19.3. The molecule has 1 atom stereocenters. The number of carbonyl (C=O) groups is 2. The molecule has 1 saturated heterocycles. The molecule has 0 saturated carbocycles. The van der Waals surface area contributed by atoms with Crippen molar-refractivity contribution in [2.45, 2.75) is 25.8 Å². The molecule has 0 spiro atoms. The molecular formula is C27H22FNO4. The van der Waals surface area contributed by atoms with E-state index in [1.54, 1.807) is 12.1 Å². The van der Waals surface area contributed by atoms with Crippen LogP contribution in [-0.2, 0) is 16.0 Å². The lowest BCUT2D eigenvalue weighted by Crippen LogP contribution is -2.29. The van der Waals surface area contributed by atoms with Crippen molar-refractivity contribution in [1.82, 2.24) is 0 Å². The second-order valence-electron chi connectivity index (χ2n) is 8.28. The van der Waals surface area contributed by atoms with Gasteiger partial charge in [-0.15, -0.1) is 0 Å². The van der Waals surface area contributed by atoms with Crippen LogP contribution >= 0.6 is 0 Å². The van der Waals surface area contributed by atoms with Crippen LogP contribution in [0.2, 0.25) is 0 Å². The number of aliphatic hydroxyl groups excluding tert-OH is 1. The number of rotatable bonds is 3. The van der Waals surface area contributed by atoms with Gasteiger partial charge in [-0.25, -0.2) is 4.39 Å². The largest absolute Gasteiger partial charge is 0.507 e. The number of halogens is 1. The lowest BCUT2D eigenvalue weighted by atomic mass is 9.91. The summed E-state index contributed by atoms with van der Waals surface area (Å²) in [4.78, 5) is 27.8. The minimum absolute atomic E-state index is 0.00954. The third kappa shape index (κ3) is 3.57. The summed E-state index contributed by atoms with van der Waals surface area (Å²) in [5.41, 5.74) is 3.37. The minimum atomic E-state index is -0.844. The van der Waals surface area contributed by atoms with Crippen molar-refractivity contribution in [3.63, 3.8) is 0 Å². The summed E-state index contributed by atoms with van der Waals surface area (Å²) in [7, 11) is 0. The standard InChI is InChI=1S/C27H22FNO4/c1-16-5-2-3-7-21(16)24-23(25(30)18-8-13-22-17(15-18)6-4-14-33-22)26(31)27(32)29(24)20-11-9-19(28)10-12-20/h2-3,5,7-13,15,24,30H,4,6,14H2,1H3/b25-23+. The van der Waals surface area contributed by atoms with Crippen LogP contribution in [0.1, 0.15) is 34.7 Å². The third-order valence-electron chi connectivity index (χ3n) is 6.21. The number of ether oxygens (including phenoxy) is 1. The average molecular weight is 443 g/mol. The topological polar surface area (TPSA) is 66.8 Å². The highest BCUT2D eigenvalue weighted by Gasteiger charge is 2.47. The van der Waals surface area contributed by atoms with E-state index in [1.165, 1.54) is 29.2 Å². The van der Waals surface area contributed by atoms with Gasteiger partial charge < -0.3 is 9.84 Å². The maximum atomic E-state index is 13.6. The number of amides is 1. The minimum Gasteiger partial charge on any atom is -0.507 e. The SMILES string of the molecule is Cc1ccccc1C1/C(=C(\O)c2ccc3c(c2)CCCO3)C(=O)C(=O)N1c1ccc(F)cc1. The van der Waals surface area contributed by atoms with E-state index in [4.69, 9.17) is 4.74 Å². The predicted molar refractivity (Wildman–Crippen MR) is 123 cm³/mol. The van der Waals surface area contributed by atoms with Crippen LogP contribution in [0.15, 0.2) is 72.3 Å². The number of hydrogen-bond acceptors (Lipinski definition) is 4. The molecule has 5 nitrogen and oxygen atoms in total. The van der Waals surface area contributed by atoms with Crippen molar-refractivity contribution in [3.8, 4) is 5.75 Å². The zero-order valence-corrected chi connectivity index (χ0v) is 18.0. The van der Waals surface area contributed by atoms with E-state index >= 15 is 0 Å². The van der Waals surface area contributed by atoms with E-state index in [-0.39, 0.29) is 11.3 Å². The van der Waals surface area contributed by atoms with Crippen molar-refractivity contribution in [2.24, 2.45) is 0 Å². The third-order valence-corrected chi connectivity index (χ3v) is 6.21. The van der Waals surface area contributed by atoms with Crippen LogP contribution in [0, 0.1) is 12.7 Å². The summed E-state index contributed by atoms with van der Waals surface area (Å²) in [6.45, 7) is 2.53. The molecule has 3 aromatic rings. The Morgan fingerprint density at radius 1 is 1.06 bits per heavy atom. The number of hydrogen-bond donors (Lipinski definition) is 1. The molecule has 1 unspecified atom stereocenters. The Hall–Kier alpha value is -3.93. The fourth-order valence-corrected chi connectivity index (χ4v) is 4.55. The number of Topliss-reactive ketones (excluding diaryl/α,β-unsaturated/α-hetero) is 1. The van der Waals surface area contributed by atoms with Crippen molar-refractivity contribution >= 4 is 23.1 Å². The van der Waals surface area contributed by atoms with Crippen molar-refractivity contribution in [3.05, 3.63) is 100 Å². The van der Waals surface area contributed by atoms with Gasteiger partial charge in [0.1, 0.15) is 17.3 Å². The van der Waals surface area contributed by atoms with Crippen LogP contribution in [-0.4, -0.2) is 23.4 Å². The van der Waals surface area contributed by atoms with E-state index in [0.717, 1.165) is 29.7 Å². The quantitative estimate of drug-likeness (QED) is 0.348. The van der Waals surface area contributed by atoms with Crippen LogP contribution in [0.3, 0.4) is 0 Å². The summed E-state index contributed by atoms with van der Waals surface area (Å²) in [5, 5.41) is 11.3. The Bertz CT molecular complexity index is 1300.